The second kappa shape index (κ2) is 10.4. The lowest BCUT2D eigenvalue weighted by Gasteiger charge is -2.16. The largest absolute Gasteiger partial charge is 0.465 e. The molecule has 1 aromatic carbocycles. The summed E-state index contributed by atoms with van der Waals surface area (Å²) in [6.45, 7) is 5.61. The van der Waals surface area contributed by atoms with Crippen LogP contribution < -0.4 is 10.6 Å². The summed E-state index contributed by atoms with van der Waals surface area (Å²) >= 11 is 0. The number of aromatic nitrogens is 2. The van der Waals surface area contributed by atoms with Crippen LogP contribution in [0.1, 0.15) is 38.2 Å². The summed E-state index contributed by atoms with van der Waals surface area (Å²) in [4.78, 5) is 10.4. The van der Waals surface area contributed by atoms with Gasteiger partial charge < -0.3 is 15.7 Å². The number of hydrogen-bond acceptors (Lipinski definition) is 4. The normalized spacial score (nSPS) is 11.8. The second-order valence-corrected chi connectivity index (χ2v) is 6.50. The Hall–Kier alpha value is -2.63. The lowest BCUT2D eigenvalue weighted by Crippen LogP contribution is -2.22. The van der Waals surface area contributed by atoms with E-state index in [1.807, 2.05) is 24.3 Å². The number of unbranched alkanes of at least 4 members (excludes halogenated alkanes) is 1. The fourth-order valence-electron chi connectivity index (χ4n) is 2.88. The Bertz CT molecular complexity index is 688. The smallest absolute Gasteiger partial charge is 0.404 e. The van der Waals surface area contributed by atoms with Crippen LogP contribution in [0.3, 0.4) is 0 Å². The number of carbonyl (C=O) groups is 1. The minimum Gasteiger partial charge on any atom is -0.465 e. The molecule has 2 aromatic rings. The molecule has 6 nitrogen and oxygen atoms in total. The number of aryl methyl sites for hydroxylation is 1. The average molecular weight is 356 g/mol. The molecule has 0 fully saturated rings. The SMILES string of the molecule is CC[C@H](CCCCNC(=O)O)CNc1ccc(-c2ccccc2C)nn1. The minimum atomic E-state index is -0.952. The molecule has 0 bridgehead atoms. The van der Waals surface area contributed by atoms with Gasteiger partial charge in [0.25, 0.3) is 0 Å². The summed E-state index contributed by atoms with van der Waals surface area (Å²) in [5.41, 5.74) is 3.17. The molecule has 0 spiro atoms. The molecular weight excluding hydrogens is 328 g/mol. The van der Waals surface area contributed by atoms with Gasteiger partial charge in [-0.05, 0) is 43.4 Å². The third-order valence-corrected chi connectivity index (χ3v) is 4.55. The van der Waals surface area contributed by atoms with Gasteiger partial charge in [0, 0.05) is 18.7 Å². The van der Waals surface area contributed by atoms with Crippen LogP contribution in [0, 0.1) is 12.8 Å². The van der Waals surface area contributed by atoms with Gasteiger partial charge in [0.05, 0.1) is 5.69 Å². The highest BCUT2D eigenvalue weighted by Crippen LogP contribution is 2.21. The Balaban J connectivity index is 1.79. The first-order valence-electron chi connectivity index (χ1n) is 9.20. The lowest BCUT2D eigenvalue weighted by molar-refractivity contribution is 0.194. The average Bonchev–Trinajstić information content (AvgIpc) is 2.64. The van der Waals surface area contributed by atoms with Crippen molar-refractivity contribution < 1.29 is 9.90 Å². The van der Waals surface area contributed by atoms with E-state index in [0.717, 1.165) is 49.3 Å². The number of carboxylic acid groups (broad SMARTS) is 1. The first kappa shape index (κ1) is 19.7. The van der Waals surface area contributed by atoms with Gasteiger partial charge in [0.1, 0.15) is 5.82 Å². The van der Waals surface area contributed by atoms with Gasteiger partial charge in [-0.2, -0.15) is 0 Å². The fraction of sp³-hybridized carbons (Fsp3) is 0.450. The summed E-state index contributed by atoms with van der Waals surface area (Å²) in [6, 6.07) is 12.1. The Morgan fingerprint density at radius 3 is 2.62 bits per heavy atom. The standard InChI is InChI=1S/C20H28N4O2/c1-3-16(9-6-7-13-21-20(25)26)14-22-19-12-11-18(23-24-19)17-10-5-4-8-15(17)2/h4-5,8,10-12,16,21H,3,6-7,9,13-14H2,1-2H3,(H,22,24)(H,25,26)/t16-/m1/s1. The predicted molar refractivity (Wildman–Crippen MR) is 104 cm³/mol. The highest BCUT2D eigenvalue weighted by Gasteiger charge is 2.08. The Morgan fingerprint density at radius 2 is 1.96 bits per heavy atom. The summed E-state index contributed by atoms with van der Waals surface area (Å²) in [7, 11) is 0. The van der Waals surface area contributed by atoms with Crippen LogP contribution in [-0.4, -0.2) is 34.5 Å². The van der Waals surface area contributed by atoms with Crippen molar-refractivity contribution in [2.45, 2.75) is 39.5 Å². The van der Waals surface area contributed by atoms with Crippen molar-refractivity contribution in [2.24, 2.45) is 5.92 Å². The van der Waals surface area contributed by atoms with E-state index < -0.39 is 6.09 Å². The fourth-order valence-corrected chi connectivity index (χ4v) is 2.88. The maximum atomic E-state index is 10.4. The Kier molecular flexibility index (Phi) is 7.86. The molecule has 26 heavy (non-hydrogen) atoms. The van der Waals surface area contributed by atoms with Crippen LogP contribution in [0.2, 0.25) is 0 Å². The van der Waals surface area contributed by atoms with E-state index in [4.69, 9.17) is 5.11 Å². The zero-order valence-corrected chi connectivity index (χ0v) is 15.5. The van der Waals surface area contributed by atoms with Gasteiger partial charge in [-0.25, -0.2) is 4.79 Å². The van der Waals surface area contributed by atoms with Crippen molar-refractivity contribution in [2.75, 3.05) is 18.4 Å². The molecule has 0 radical (unpaired) electrons. The molecular formula is C20H28N4O2. The van der Waals surface area contributed by atoms with Crippen molar-refractivity contribution >= 4 is 11.9 Å². The van der Waals surface area contributed by atoms with E-state index >= 15 is 0 Å². The van der Waals surface area contributed by atoms with Crippen molar-refractivity contribution in [1.29, 1.82) is 0 Å². The maximum Gasteiger partial charge on any atom is 0.404 e. The molecule has 1 atom stereocenters. The molecule has 1 aromatic heterocycles. The van der Waals surface area contributed by atoms with Crippen LogP contribution in [-0.2, 0) is 0 Å². The van der Waals surface area contributed by atoms with Crippen LogP contribution in [0.15, 0.2) is 36.4 Å². The summed E-state index contributed by atoms with van der Waals surface area (Å²) in [6.07, 6.45) is 3.08. The van der Waals surface area contributed by atoms with Gasteiger partial charge >= 0.3 is 6.09 Å². The highest BCUT2D eigenvalue weighted by atomic mass is 16.4. The summed E-state index contributed by atoms with van der Waals surface area (Å²) in [5, 5.41) is 23.0. The van der Waals surface area contributed by atoms with E-state index in [1.165, 1.54) is 5.56 Å². The van der Waals surface area contributed by atoms with Gasteiger partial charge in [-0.15, -0.1) is 10.2 Å². The van der Waals surface area contributed by atoms with Crippen molar-refractivity contribution in [3.63, 3.8) is 0 Å². The molecule has 0 saturated carbocycles. The second-order valence-electron chi connectivity index (χ2n) is 6.50. The van der Waals surface area contributed by atoms with E-state index in [-0.39, 0.29) is 0 Å². The number of nitrogens with zero attached hydrogens (tertiary/aromatic N) is 2. The highest BCUT2D eigenvalue weighted by molar-refractivity contribution is 5.64. The number of amides is 1. The topological polar surface area (TPSA) is 87.1 Å². The third kappa shape index (κ3) is 6.35. The molecule has 0 unspecified atom stereocenters. The first-order valence-corrected chi connectivity index (χ1v) is 9.20. The molecule has 1 heterocycles. The maximum absolute atomic E-state index is 10.4. The third-order valence-electron chi connectivity index (χ3n) is 4.55. The number of anilines is 1. The van der Waals surface area contributed by atoms with Crippen LogP contribution in [0.4, 0.5) is 10.6 Å². The quantitative estimate of drug-likeness (QED) is 0.552. The molecule has 140 valence electrons. The van der Waals surface area contributed by atoms with Crippen LogP contribution >= 0.6 is 0 Å². The molecule has 0 aliphatic heterocycles. The number of hydrogen-bond donors (Lipinski definition) is 3. The number of nitrogens with one attached hydrogen (secondary N) is 2. The van der Waals surface area contributed by atoms with Gasteiger partial charge in [-0.1, -0.05) is 44.0 Å². The van der Waals surface area contributed by atoms with Crippen LogP contribution in [0.5, 0.6) is 0 Å². The Morgan fingerprint density at radius 1 is 1.15 bits per heavy atom. The number of benzene rings is 1. The van der Waals surface area contributed by atoms with Crippen molar-refractivity contribution in [3.05, 3.63) is 42.0 Å². The van der Waals surface area contributed by atoms with E-state index in [0.29, 0.717) is 12.5 Å². The zero-order valence-electron chi connectivity index (χ0n) is 15.5. The molecule has 0 aliphatic carbocycles. The summed E-state index contributed by atoms with van der Waals surface area (Å²) < 4.78 is 0. The van der Waals surface area contributed by atoms with E-state index in [2.05, 4.69) is 46.8 Å². The molecule has 1 amide bonds. The molecule has 2 rings (SSSR count). The van der Waals surface area contributed by atoms with Crippen molar-refractivity contribution in [3.8, 4) is 11.3 Å². The number of rotatable bonds is 10. The summed E-state index contributed by atoms with van der Waals surface area (Å²) in [5.74, 6) is 1.33. The zero-order chi connectivity index (χ0) is 18.8. The Labute approximate surface area is 155 Å². The molecule has 0 saturated heterocycles. The van der Waals surface area contributed by atoms with Crippen LogP contribution in [0.25, 0.3) is 11.3 Å². The van der Waals surface area contributed by atoms with Gasteiger partial charge in [0.15, 0.2) is 0 Å². The van der Waals surface area contributed by atoms with E-state index in [1.54, 1.807) is 0 Å². The van der Waals surface area contributed by atoms with Crippen molar-refractivity contribution in [1.82, 2.24) is 15.5 Å². The first-order chi connectivity index (χ1) is 12.6. The minimum absolute atomic E-state index is 0.519. The predicted octanol–water partition coefficient (Wildman–Crippen LogP) is 4.33. The van der Waals surface area contributed by atoms with Gasteiger partial charge in [0.2, 0.25) is 0 Å². The van der Waals surface area contributed by atoms with E-state index in [9.17, 15) is 4.79 Å². The monoisotopic (exact) mass is 356 g/mol. The molecule has 6 heteroatoms. The molecule has 0 aliphatic rings. The lowest BCUT2D eigenvalue weighted by atomic mass is 9.99. The van der Waals surface area contributed by atoms with Gasteiger partial charge in [-0.3, -0.25) is 0 Å². The molecule has 3 N–H and O–H groups in total.